The van der Waals surface area contributed by atoms with E-state index in [-0.39, 0.29) is 12.1 Å². The Hall–Kier alpha value is -1.37. The second-order valence-electron chi connectivity index (χ2n) is 4.65. The maximum atomic E-state index is 11.5. The van der Waals surface area contributed by atoms with Crippen LogP contribution < -0.4 is 5.32 Å². The van der Waals surface area contributed by atoms with E-state index in [1.54, 1.807) is 16.2 Å². The highest BCUT2D eigenvalue weighted by Crippen LogP contribution is 2.20. The highest BCUT2D eigenvalue weighted by Gasteiger charge is 2.24. The molecule has 1 aromatic heterocycles. The zero-order valence-corrected chi connectivity index (χ0v) is 12.2. The quantitative estimate of drug-likeness (QED) is 0.917. The van der Waals surface area contributed by atoms with E-state index in [0.717, 1.165) is 42.4 Å². The molecule has 2 heterocycles. The monoisotopic (exact) mass is 284 g/mol. The van der Waals surface area contributed by atoms with E-state index in [0.29, 0.717) is 6.54 Å². The molecule has 7 heteroatoms. The molecule has 1 N–H and O–H groups in total. The first-order valence-corrected chi connectivity index (χ1v) is 7.46. The average Bonchev–Trinajstić information content (AvgIpc) is 2.86. The summed E-state index contributed by atoms with van der Waals surface area (Å²) in [5.41, 5.74) is 0. The molecular formula is C12H20N4O2S. The first kappa shape index (κ1) is 14.0. The number of aromatic nitrogens is 2. The van der Waals surface area contributed by atoms with Gasteiger partial charge in [-0.3, -0.25) is 0 Å². The lowest BCUT2D eigenvalue weighted by Gasteiger charge is -2.31. The molecule has 1 aromatic rings. The molecule has 1 atom stereocenters. The van der Waals surface area contributed by atoms with Gasteiger partial charge >= 0.3 is 6.09 Å². The third-order valence-corrected chi connectivity index (χ3v) is 4.03. The Morgan fingerprint density at radius 3 is 3.16 bits per heavy atom. The second kappa shape index (κ2) is 6.70. The molecule has 0 spiro atoms. The number of likely N-dealkylation sites (tertiary alicyclic amines) is 1. The van der Waals surface area contributed by atoms with Crippen LogP contribution in [0.3, 0.4) is 0 Å². The van der Waals surface area contributed by atoms with Gasteiger partial charge in [-0.05, 0) is 19.3 Å². The van der Waals surface area contributed by atoms with Crippen LogP contribution >= 0.6 is 11.3 Å². The van der Waals surface area contributed by atoms with Gasteiger partial charge in [0.25, 0.3) is 0 Å². The predicted octanol–water partition coefficient (Wildman–Crippen LogP) is 2.13. The number of carbonyl (C=O) groups excluding carboxylic acids is 1. The smallest absolute Gasteiger partial charge is 0.409 e. The van der Waals surface area contributed by atoms with Crippen LogP contribution in [-0.4, -0.2) is 47.4 Å². The van der Waals surface area contributed by atoms with E-state index in [1.165, 1.54) is 7.11 Å². The standard InChI is InChI=1S/C12H20N4O2S/c1-3-5-10-14-15-11(19-10)13-9-6-4-7-16(8-9)12(17)18-2/h9H,3-8H2,1-2H3,(H,13,15)/t9-/m1/s1. The molecule has 0 aliphatic carbocycles. The lowest BCUT2D eigenvalue weighted by Crippen LogP contribution is -2.45. The summed E-state index contributed by atoms with van der Waals surface area (Å²) in [4.78, 5) is 13.2. The molecule has 0 saturated carbocycles. The van der Waals surface area contributed by atoms with Gasteiger partial charge in [-0.1, -0.05) is 18.3 Å². The van der Waals surface area contributed by atoms with E-state index >= 15 is 0 Å². The van der Waals surface area contributed by atoms with Crippen LogP contribution in [-0.2, 0) is 11.2 Å². The number of methoxy groups -OCH3 is 1. The van der Waals surface area contributed by atoms with Gasteiger partial charge in [0.05, 0.1) is 7.11 Å². The van der Waals surface area contributed by atoms with Crippen molar-refractivity contribution in [2.24, 2.45) is 0 Å². The fourth-order valence-corrected chi connectivity index (χ4v) is 3.11. The van der Waals surface area contributed by atoms with Gasteiger partial charge in [0, 0.05) is 25.6 Å². The van der Waals surface area contributed by atoms with Crippen molar-refractivity contribution in [2.45, 2.75) is 38.6 Å². The molecule has 19 heavy (non-hydrogen) atoms. The molecule has 0 unspecified atom stereocenters. The van der Waals surface area contributed by atoms with Gasteiger partial charge in [-0.25, -0.2) is 4.79 Å². The average molecular weight is 284 g/mol. The fraction of sp³-hybridized carbons (Fsp3) is 0.750. The van der Waals surface area contributed by atoms with Crippen molar-refractivity contribution < 1.29 is 9.53 Å². The van der Waals surface area contributed by atoms with Crippen LogP contribution in [0.15, 0.2) is 0 Å². The van der Waals surface area contributed by atoms with Gasteiger partial charge in [0.15, 0.2) is 0 Å². The number of carbonyl (C=O) groups is 1. The Morgan fingerprint density at radius 1 is 1.58 bits per heavy atom. The van der Waals surface area contributed by atoms with Gasteiger partial charge in [0.2, 0.25) is 5.13 Å². The van der Waals surface area contributed by atoms with E-state index in [4.69, 9.17) is 4.74 Å². The number of rotatable bonds is 4. The van der Waals surface area contributed by atoms with Crippen molar-refractivity contribution in [3.63, 3.8) is 0 Å². The van der Waals surface area contributed by atoms with Gasteiger partial charge in [-0.2, -0.15) is 0 Å². The van der Waals surface area contributed by atoms with Crippen LogP contribution in [0.4, 0.5) is 9.93 Å². The normalized spacial score (nSPS) is 19.3. The minimum Gasteiger partial charge on any atom is -0.453 e. The lowest BCUT2D eigenvalue weighted by atomic mass is 10.1. The number of nitrogens with zero attached hydrogens (tertiary/aromatic N) is 3. The molecule has 1 amide bonds. The third-order valence-electron chi connectivity index (χ3n) is 3.11. The number of hydrogen-bond donors (Lipinski definition) is 1. The first-order valence-electron chi connectivity index (χ1n) is 6.64. The molecule has 1 fully saturated rings. The summed E-state index contributed by atoms with van der Waals surface area (Å²) >= 11 is 1.60. The van der Waals surface area contributed by atoms with Crippen LogP contribution in [0.1, 0.15) is 31.2 Å². The summed E-state index contributed by atoms with van der Waals surface area (Å²) in [6.45, 7) is 3.56. The molecular weight excluding hydrogens is 264 g/mol. The molecule has 0 radical (unpaired) electrons. The number of anilines is 1. The Balaban J connectivity index is 1.89. The molecule has 6 nitrogen and oxygen atoms in total. The fourth-order valence-electron chi connectivity index (χ4n) is 2.19. The van der Waals surface area contributed by atoms with Crippen molar-refractivity contribution in [1.82, 2.24) is 15.1 Å². The second-order valence-corrected chi connectivity index (χ2v) is 5.71. The molecule has 106 valence electrons. The van der Waals surface area contributed by atoms with Crippen molar-refractivity contribution in [2.75, 3.05) is 25.5 Å². The van der Waals surface area contributed by atoms with E-state index < -0.39 is 0 Å². The van der Waals surface area contributed by atoms with Crippen molar-refractivity contribution in [1.29, 1.82) is 0 Å². The molecule has 2 rings (SSSR count). The number of nitrogens with one attached hydrogen (secondary N) is 1. The summed E-state index contributed by atoms with van der Waals surface area (Å²) in [6, 6.07) is 0.232. The molecule has 0 bridgehead atoms. The summed E-state index contributed by atoms with van der Waals surface area (Å²) in [6.07, 6.45) is 3.81. The zero-order valence-electron chi connectivity index (χ0n) is 11.4. The van der Waals surface area contributed by atoms with Crippen LogP contribution in [0, 0.1) is 0 Å². The van der Waals surface area contributed by atoms with Crippen LogP contribution in [0.25, 0.3) is 0 Å². The number of aryl methyl sites for hydroxylation is 1. The Kier molecular flexibility index (Phi) is 4.95. The SMILES string of the molecule is CCCc1nnc(N[C@@H]2CCCN(C(=O)OC)C2)s1. The molecule has 1 aliphatic rings. The third kappa shape index (κ3) is 3.79. The predicted molar refractivity (Wildman–Crippen MR) is 74.5 cm³/mol. The van der Waals surface area contributed by atoms with Crippen molar-refractivity contribution in [3.05, 3.63) is 5.01 Å². The number of hydrogen-bond acceptors (Lipinski definition) is 6. The number of ether oxygens (including phenoxy) is 1. The molecule has 1 saturated heterocycles. The zero-order chi connectivity index (χ0) is 13.7. The maximum Gasteiger partial charge on any atom is 0.409 e. The minimum absolute atomic E-state index is 0.232. The van der Waals surface area contributed by atoms with Gasteiger partial charge in [-0.15, -0.1) is 10.2 Å². The summed E-state index contributed by atoms with van der Waals surface area (Å²) in [5, 5.41) is 13.6. The largest absolute Gasteiger partial charge is 0.453 e. The summed E-state index contributed by atoms with van der Waals surface area (Å²) in [5.74, 6) is 0. The highest BCUT2D eigenvalue weighted by atomic mass is 32.1. The number of amides is 1. The lowest BCUT2D eigenvalue weighted by molar-refractivity contribution is 0.113. The van der Waals surface area contributed by atoms with Crippen LogP contribution in [0.5, 0.6) is 0 Å². The highest BCUT2D eigenvalue weighted by molar-refractivity contribution is 7.15. The van der Waals surface area contributed by atoms with Crippen LogP contribution in [0.2, 0.25) is 0 Å². The van der Waals surface area contributed by atoms with Gasteiger partial charge < -0.3 is 15.0 Å². The minimum atomic E-state index is -0.254. The Bertz CT molecular complexity index is 424. The molecule has 1 aliphatic heterocycles. The summed E-state index contributed by atoms with van der Waals surface area (Å²) in [7, 11) is 1.42. The van der Waals surface area contributed by atoms with Gasteiger partial charge in [0.1, 0.15) is 5.01 Å². The van der Waals surface area contributed by atoms with E-state index in [9.17, 15) is 4.79 Å². The van der Waals surface area contributed by atoms with Crippen molar-refractivity contribution in [3.8, 4) is 0 Å². The van der Waals surface area contributed by atoms with Crippen molar-refractivity contribution >= 4 is 22.6 Å². The van der Waals surface area contributed by atoms with E-state index in [1.807, 2.05) is 0 Å². The maximum absolute atomic E-state index is 11.5. The Morgan fingerprint density at radius 2 is 2.42 bits per heavy atom. The first-order chi connectivity index (χ1) is 9.22. The topological polar surface area (TPSA) is 67.4 Å². The number of piperidine rings is 1. The van der Waals surface area contributed by atoms with E-state index in [2.05, 4.69) is 22.4 Å². The Labute approximate surface area is 117 Å². The summed E-state index contributed by atoms with van der Waals surface area (Å²) < 4.78 is 4.76. The molecule has 0 aromatic carbocycles.